The van der Waals surface area contributed by atoms with Crippen molar-refractivity contribution in [3.05, 3.63) is 69.7 Å². The molecule has 0 bridgehead atoms. The number of hydrogen-bond acceptors (Lipinski definition) is 3. The van der Waals surface area contributed by atoms with Gasteiger partial charge in [0.1, 0.15) is 17.2 Å². The second-order valence-corrected chi connectivity index (χ2v) is 6.92. The van der Waals surface area contributed by atoms with Gasteiger partial charge in [-0.15, -0.1) is 0 Å². The molecule has 0 radical (unpaired) electrons. The van der Waals surface area contributed by atoms with Gasteiger partial charge in [-0.3, -0.25) is 14.5 Å². The van der Waals surface area contributed by atoms with E-state index in [2.05, 4.69) is 21.2 Å². The van der Waals surface area contributed by atoms with E-state index in [0.29, 0.717) is 10.5 Å². The molecule has 26 heavy (non-hydrogen) atoms. The number of urea groups is 1. The minimum Gasteiger partial charge on any atom is -0.319 e. The molecular weight excluding hydrogens is 410 g/mol. The number of halogens is 3. The number of hydrogen-bond donors (Lipinski definition) is 1. The maximum absolute atomic E-state index is 14.1. The minimum absolute atomic E-state index is 0.297. The fourth-order valence-electron chi connectivity index (χ4n) is 2.77. The van der Waals surface area contributed by atoms with Crippen LogP contribution in [0.4, 0.5) is 13.6 Å². The number of imide groups is 1. The molecule has 0 spiro atoms. The van der Waals surface area contributed by atoms with E-state index < -0.39 is 41.4 Å². The average Bonchev–Trinajstić information content (AvgIpc) is 2.81. The van der Waals surface area contributed by atoms with Crippen molar-refractivity contribution < 1.29 is 23.2 Å². The van der Waals surface area contributed by atoms with Gasteiger partial charge in [0.15, 0.2) is 5.78 Å². The standard InChI is InChI=1S/C18H13BrF2N2O3/c1-18(13-8-12(20)6-7-14(13)21)16(25)23(17(26)22-18)9-15(24)10-2-4-11(19)5-3-10/h2-8H,9H2,1H3,(H,22,26)/t18-/m1/s1. The highest BCUT2D eigenvalue weighted by molar-refractivity contribution is 9.10. The molecule has 1 N–H and O–H groups in total. The van der Waals surface area contributed by atoms with E-state index in [-0.39, 0.29) is 5.56 Å². The van der Waals surface area contributed by atoms with Crippen LogP contribution in [0.5, 0.6) is 0 Å². The Morgan fingerprint density at radius 3 is 2.46 bits per heavy atom. The Labute approximate surface area is 156 Å². The molecule has 0 aliphatic carbocycles. The fraction of sp³-hybridized carbons (Fsp3) is 0.167. The first-order valence-corrected chi connectivity index (χ1v) is 8.40. The first-order valence-electron chi connectivity index (χ1n) is 7.61. The summed E-state index contributed by atoms with van der Waals surface area (Å²) in [4.78, 5) is 38.0. The van der Waals surface area contributed by atoms with Crippen LogP contribution in [0, 0.1) is 11.6 Å². The van der Waals surface area contributed by atoms with Crippen molar-refractivity contribution in [2.24, 2.45) is 0 Å². The summed E-state index contributed by atoms with van der Waals surface area (Å²) in [6.45, 7) is 0.772. The molecule has 1 heterocycles. The van der Waals surface area contributed by atoms with Crippen molar-refractivity contribution in [2.75, 3.05) is 6.54 Å². The lowest BCUT2D eigenvalue weighted by Gasteiger charge is -2.22. The Bertz CT molecular complexity index is 917. The van der Waals surface area contributed by atoms with E-state index in [1.807, 2.05) is 0 Å². The van der Waals surface area contributed by atoms with Crippen LogP contribution in [-0.4, -0.2) is 29.2 Å². The van der Waals surface area contributed by atoms with Gasteiger partial charge in [0.2, 0.25) is 0 Å². The Morgan fingerprint density at radius 1 is 1.15 bits per heavy atom. The van der Waals surface area contributed by atoms with Crippen molar-refractivity contribution >= 4 is 33.7 Å². The van der Waals surface area contributed by atoms with E-state index in [1.165, 1.54) is 6.92 Å². The fourth-order valence-corrected chi connectivity index (χ4v) is 3.04. The molecule has 0 unspecified atom stereocenters. The predicted molar refractivity (Wildman–Crippen MR) is 92.4 cm³/mol. The number of nitrogens with zero attached hydrogens (tertiary/aromatic N) is 1. The molecule has 3 amide bonds. The molecule has 8 heteroatoms. The van der Waals surface area contributed by atoms with Gasteiger partial charge < -0.3 is 5.32 Å². The van der Waals surface area contributed by atoms with Crippen LogP contribution in [0.2, 0.25) is 0 Å². The van der Waals surface area contributed by atoms with Crippen LogP contribution in [0.1, 0.15) is 22.8 Å². The number of carbonyl (C=O) groups is 3. The molecule has 134 valence electrons. The number of Topliss-reactive ketones (excluding diaryl/α,β-unsaturated/α-hetero) is 1. The van der Waals surface area contributed by atoms with Crippen LogP contribution in [0.15, 0.2) is 46.9 Å². The lowest BCUT2D eigenvalue weighted by Crippen LogP contribution is -2.42. The summed E-state index contributed by atoms with van der Waals surface area (Å²) in [6.07, 6.45) is 0. The maximum Gasteiger partial charge on any atom is 0.325 e. The van der Waals surface area contributed by atoms with Gasteiger partial charge in [-0.05, 0) is 37.3 Å². The summed E-state index contributed by atoms with van der Waals surface area (Å²) >= 11 is 3.25. The van der Waals surface area contributed by atoms with E-state index >= 15 is 0 Å². The molecule has 0 aromatic heterocycles. The average molecular weight is 423 g/mol. The van der Waals surface area contributed by atoms with Crippen molar-refractivity contribution in [2.45, 2.75) is 12.5 Å². The molecule has 2 aromatic carbocycles. The third kappa shape index (κ3) is 3.12. The van der Waals surface area contributed by atoms with Crippen LogP contribution < -0.4 is 5.32 Å². The lowest BCUT2D eigenvalue weighted by molar-refractivity contribution is -0.130. The summed E-state index contributed by atoms with van der Waals surface area (Å²) in [6, 6.07) is 8.23. The molecule has 3 rings (SSSR count). The van der Waals surface area contributed by atoms with Gasteiger partial charge >= 0.3 is 6.03 Å². The number of rotatable bonds is 4. The molecule has 1 fully saturated rings. The lowest BCUT2D eigenvalue weighted by atomic mass is 9.91. The van der Waals surface area contributed by atoms with Crippen LogP contribution in [-0.2, 0) is 10.3 Å². The predicted octanol–water partition coefficient (Wildman–Crippen LogP) is 3.38. The zero-order chi connectivity index (χ0) is 19.1. The zero-order valence-corrected chi connectivity index (χ0v) is 15.1. The molecule has 1 saturated heterocycles. The van der Waals surface area contributed by atoms with Gasteiger partial charge in [-0.25, -0.2) is 13.6 Å². The molecular formula is C18H13BrF2N2O3. The van der Waals surface area contributed by atoms with E-state index in [9.17, 15) is 23.2 Å². The van der Waals surface area contributed by atoms with Crippen molar-refractivity contribution in [3.8, 4) is 0 Å². The summed E-state index contributed by atoms with van der Waals surface area (Å²) in [5, 5.41) is 2.35. The van der Waals surface area contributed by atoms with E-state index in [4.69, 9.17) is 0 Å². The summed E-state index contributed by atoms with van der Waals surface area (Å²) in [7, 11) is 0. The van der Waals surface area contributed by atoms with Crippen molar-refractivity contribution in [1.82, 2.24) is 10.2 Å². The second kappa shape index (κ2) is 6.60. The van der Waals surface area contributed by atoms with Gasteiger partial charge in [-0.1, -0.05) is 28.1 Å². The Hall–Kier alpha value is -2.61. The van der Waals surface area contributed by atoms with Crippen molar-refractivity contribution in [3.63, 3.8) is 0 Å². The Morgan fingerprint density at radius 2 is 1.81 bits per heavy atom. The highest BCUT2D eigenvalue weighted by atomic mass is 79.9. The Balaban J connectivity index is 1.88. The van der Waals surface area contributed by atoms with E-state index in [1.54, 1.807) is 24.3 Å². The number of amides is 3. The smallest absolute Gasteiger partial charge is 0.319 e. The van der Waals surface area contributed by atoms with Gasteiger partial charge in [-0.2, -0.15) is 0 Å². The van der Waals surface area contributed by atoms with Crippen LogP contribution >= 0.6 is 15.9 Å². The van der Waals surface area contributed by atoms with Gasteiger partial charge in [0.05, 0.1) is 6.54 Å². The highest BCUT2D eigenvalue weighted by Crippen LogP contribution is 2.31. The number of ketones is 1. The monoisotopic (exact) mass is 422 g/mol. The number of benzene rings is 2. The molecule has 1 aliphatic heterocycles. The number of nitrogens with one attached hydrogen (secondary N) is 1. The first kappa shape index (κ1) is 18.2. The molecule has 2 aromatic rings. The normalized spacial score (nSPS) is 19.6. The third-order valence-electron chi connectivity index (χ3n) is 4.21. The number of carbonyl (C=O) groups excluding carboxylic acids is 3. The third-order valence-corrected chi connectivity index (χ3v) is 4.74. The topological polar surface area (TPSA) is 66.5 Å². The highest BCUT2D eigenvalue weighted by Gasteiger charge is 2.50. The molecule has 1 atom stereocenters. The quantitative estimate of drug-likeness (QED) is 0.606. The maximum atomic E-state index is 14.1. The summed E-state index contributed by atoms with van der Waals surface area (Å²) in [5.41, 5.74) is -1.77. The van der Waals surface area contributed by atoms with Crippen LogP contribution in [0.3, 0.4) is 0 Å². The van der Waals surface area contributed by atoms with Crippen molar-refractivity contribution in [1.29, 1.82) is 0 Å². The van der Waals surface area contributed by atoms with Gasteiger partial charge in [0.25, 0.3) is 5.91 Å². The largest absolute Gasteiger partial charge is 0.325 e. The second-order valence-electron chi connectivity index (χ2n) is 6.00. The van der Waals surface area contributed by atoms with E-state index in [0.717, 1.165) is 22.7 Å². The minimum atomic E-state index is -1.79. The first-order chi connectivity index (χ1) is 12.2. The molecule has 5 nitrogen and oxygen atoms in total. The van der Waals surface area contributed by atoms with Gasteiger partial charge in [0, 0.05) is 15.6 Å². The summed E-state index contributed by atoms with van der Waals surface area (Å²) < 4.78 is 28.4. The zero-order valence-electron chi connectivity index (χ0n) is 13.6. The summed E-state index contributed by atoms with van der Waals surface area (Å²) in [5.74, 6) is -2.85. The molecule has 0 saturated carbocycles. The molecule has 1 aliphatic rings. The Kier molecular flexibility index (Phi) is 4.62. The SMILES string of the molecule is C[C@]1(c2cc(F)ccc2F)NC(=O)N(CC(=O)c2ccc(Br)cc2)C1=O. The van der Waals surface area contributed by atoms with Crippen LogP contribution in [0.25, 0.3) is 0 Å².